The number of anilines is 2. The fourth-order valence-electron chi connectivity index (χ4n) is 3.14. The Morgan fingerprint density at radius 2 is 1.80 bits per heavy atom. The lowest BCUT2D eigenvalue weighted by atomic mass is 10.2. The highest BCUT2D eigenvalue weighted by Gasteiger charge is 2.21. The van der Waals surface area contributed by atoms with E-state index in [9.17, 15) is 13.6 Å². The minimum Gasteiger partial charge on any atom is -0.366 e. The molecule has 1 aliphatic rings. The van der Waals surface area contributed by atoms with Crippen molar-refractivity contribution >= 4 is 22.5 Å². The monoisotopic (exact) mass is 346 g/mol. The maximum Gasteiger partial charge on any atom is 0.323 e. The van der Waals surface area contributed by atoms with Crippen LogP contribution in [0, 0.1) is 0 Å². The predicted molar refractivity (Wildman–Crippen MR) is 90.3 cm³/mol. The second kappa shape index (κ2) is 6.15. The number of para-hydroxylation sites is 1. The largest absolute Gasteiger partial charge is 0.366 e. The van der Waals surface area contributed by atoms with Gasteiger partial charge in [-0.1, -0.05) is 6.07 Å². The van der Waals surface area contributed by atoms with Gasteiger partial charge in [-0.15, -0.1) is 0 Å². The Hall–Kier alpha value is -2.97. The first-order chi connectivity index (χ1) is 12.1. The van der Waals surface area contributed by atoms with Crippen LogP contribution in [0.1, 0.15) is 12.1 Å². The van der Waals surface area contributed by atoms with E-state index in [1.54, 1.807) is 0 Å². The molecule has 1 aromatic carbocycles. The van der Waals surface area contributed by atoms with Gasteiger partial charge in [0.05, 0.1) is 16.7 Å². The summed E-state index contributed by atoms with van der Waals surface area (Å²) in [7, 11) is 0. The number of aromatic nitrogens is 4. The molecule has 4 rings (SSSR count). The van der Waals surface area contributed by atoms with Crippen molar-refractivity contribution in [3.8, 4) is 0 Å². The molecule has 1 saturated heterocycles. The molecule has 0 bridgehead atoms. The highest BCUT2D eigenvalue weighted by atomic mass is 19.3. The summed E-state index contributed by atoms with van der Waals surface area (Å²) in [5, 5.41) is 0. The van der Waals surface area contributed by atoms with Gasteiger partial charge in [-0.25, -0.2) is 23.5 Å². The van der Waals surface area contributed by atoms with Crippen LogP contribution in [0.3, 0.4) is 0 Å². The van der Waals surface area contributed by atoms with Crippen LogP contribution < -0.4 is 15.5 Å². The average Bonchev–Trinajstić information content (AvgIpc) is 3.02. The van der Waals surface area contributed by atoms with Gasteiger partial charge in [-0.05, 0) is 12.1 Å². The van der Waals surface area contributed by atoms with Crippen LogP contribution in [0.15, 0.2) is 35.4 Å². The first kappa shape index (κ1) is 15.6. The van der Waals surface area contributed by atoms with Crippen LogP contribution >= 0.6 is 0 Å². The molecule has 25 heavy (non-hydrogen) atoms. The Kier molecular flexibility index (Phi) is 3.83. The van der Waals surface area contributed by atoms with Crippen LogP contribution in [-0.4, -0.2) is 46.1 Å². The van der Waals surface area contributed by atoms with Gasteiger partial charge < -0.3 is 19.8 Å². The SMILES string of the molecule is O=c1[nH]c2cccc(N3CCN(c4cc(C(F)F)ncn4)CC3)c2[nH]1. The van der Waals surface area contributed by atoms with Crippen LogP contribution in [0.5, 0.6) is 0 Å². The van der Waals surface area contributed by atoms with E-state index in [2.05, 4.69) is 24.8 Å². The summed E-state index contributed by atoms with van der Waals surface area (Å²) in [4.78, 5) is 28.9. The van der Waals surface area contributed by atoms with Crippen molar-refractivity contribution in [2.24, 2.45) is 0 Å². The van der Waals surface area contributed by atoms with E-state index >= 15 is 0 Å². The van der Waals surface area contributed by atoms with Gasteiger partial charge in [-0.2, -0.15) is 0 Å². The van der Waals surface area contributed by atoms with E-state index in [0.29, 0.717) is 32.0 Å². The van der Waals surface area contributed by atoms with Crippen molar-refractivity contribution in [1.82, 2.24) is 19.9 Å². The first-order valence-electron chi connectivity index (χ1n) is 7.93. The zero-order chi connectivity index (χ0) is 17.4. The molecule has 130 valence electrons. The third-order valence-corrected chi connectivity index (χ3v) is 4.37. The molecule has 1 fully saturated rings. The molecule has 1 aliphatic heterocycles. The number of hydrogen-bond acceptors (Lipinski definition) is 5. The Balaban J connectivity index is 1.53. The maximum absolute atomic E-state index is 12.8. The maximum atomic E-state index is 12.8. The van der Waals surface area contributed by atoms with Gasteiger partial charge in [0, 0.05) is 32.2 Å². The topological polar surface area (TPSA) is 80.9 Å². The molecule has 0 saturated carbocycles. The molecule has 7 nitrogen and oxygen atoms in total. The minimum absolute atomic E-state index is 0.235. The van der Waals surface area contributed by atoms with E-state index in [0.717, 1.165) is 16.7 Å². The molecule has 9 heteroatoms. The Labute approximate surface area is 141 Å². The molecule has 3 aromatic rings. The second-order valence-corrected chi connectivity index (χ2v) is 5.85. The number of nitrogens with zero attached hydrogens (tertiary/aromatic N) is 4. The van der Waals surface area contributed by atoms with Gasteiger partial charge in [0.25, 0.3) is 6.43 Å². The third-order valence-electron chi connectivity index (χ3n) is 4.37. The Morgan fingerprint density at radius 1 is 1.04 bits per heavy atom. The molecule has 0 spiro atoms. The van der Waals surface area contributed by atoms with Gasteiger partial charge >= 0.3 is 5.69 Å². The fraction of sp³-hybridized carbons (Fsp3) is 0.312. The summed E-state index contributed by atoms with van der Waals surface area (Å²) in [6.45, 7) is 2.68. The number of imidazole rings is 1. The number of alkyl halides is 2. The van der Waals surface area contributed by atoms with Crippen LogP contribution in [0.25, 0.3) is 11.0 Å². The molecule has 0 atom stereocenters. The van der Waals surface area contributed by atoms with Crippen LogP contribution in [0.4, 0.5) is 20.3 Å². The summed E-state index contributed by atoms with van der Waals surface area (Å²) in [5.74, 6) is 0.512. The quantitative estimate of drug-likeness (QED) is 0.757. The summed E-state index contributed by atoms with van der Waals surface area (Å²) in [6, 6.07) is 7.04. The van der Waals surface area contributed by atoms with E-state index in [4.69, 9.17) is 0 Å². The number of piperazine rings is 1. The Bertz CT molecular complexity index is 945. The molecule has 0 unspecified atom stereocenters. The normalized spacial score (nSPS) is 15.3. The molecule has 3 heterocycles. The summed E-state index contributed by atoms with van der Waals surface area (Å²) in [6.07, 6.45) is -1.43. The summed E-state index contributed by atoms with van der Waals surface area (Å²) < 4.78 is 25.6. The summed E-state index contributed by atoms with van der Waals surface area (Å²) in [5.41, 5.74) is 2.00. The number of nitrogens with one attached hydrogen (secondary N) is 2. The standard InChI is InChI=1S/C16H16F2N6O/c17-15(18)11-8-13(20-9-19-11)24-6-4-23(5-7-24)12-3-1-2-10-14(12)22-16(25)21-10/h1-3,8-9,15H,4-7H2,(H2,21,22,25). The molecule has 2 N–H and O–H groups in total. The fourth-order valence-corrected chi connectivity index (χ4v) is 3.14. The molecule has 0 radical (unpaired) electrons. The Morgan fingerprint density at radius 3 is 2.56 bits per heavy atom. The lowest BCUT2D eigenvalue weighted by Crippen LogP contribution is -2.47. The van der Waals surface area contributed by atoms with Crippen LogP contribution in [0.2, 0.25) is 0 Å². The van der Waals surface area contributed by atoms with E-state index in [1.165, 1.54) is 12.4 Å². The first-order valence-corrected chi connectivity index (χ1v) is 7.93. The molecule has 2 aromatic heterocycles. The third kappa shape index (κ3) is 2.92. The van der Waals surface area contributed by atoms with Gasteiger partial charge in [-0.3, -0.25) is 0 Å². The number of fused-ring (bicyclic) bond motifs is 1. The zero-order valence-corrected chi connectivity index (χ0v) is 13.2. The second-order valence-electron chi connectivity index (χ2n) is 5.85. The number of H-pyrrole nitrogens is 2. The molecule has 0 amide bonds. The smallest absolute Gasteiger partial charge is 0.323 e. The van der Waals surface area contributed by atoms with E-state index in [-0.39, 0.29) is 11.4 Å². The molecular weight excluding hydrogens is 330 g/mol. The number of benzene rings is 1. The van der Waals surface area contributed by atoms with Crippen molar-refractivity contribution < 1.29 is 8.78 Å². The lowest BCUT2D eigenvalue weighted by Gasteiger charge is -2.36. The van der Waals surface area contributed by atoms with Gasteiger partial charge in [0.1, 0.15) is 17.8 Å². The van der Waals surface area contributed by atoms with Crippen molar-refractivity contribution in [1.29, 1.82) is 0 Å². The minimum atomic E-state index is -2.61. The average molecular weight is 346 g/mol. The van der Waals surface area contributed by atoms with Crippen molar-refractivity contribution in [3.05, 3.63) is 46.8 Å². The van der Waals surface area contributed by atoms with Crippen molar-refractivity contribution in [2.75, 3.05) is 36.0 Å². The predicted octanol–water partition coefficient (Wildman–Crippen LogP) is 1.91. The number of hydrogen-bond donors (Lipinski definition) is 2. The van der Waals surface area contributed by atoms with Gasteiger partial charge in [0.15, 0.2) is 0 Å². The molecule has 0 aliphatic carbocycles. The number of halogens is 2. The number of rotatable bonds is 3. The molecular formula is C16H16F2N6O. The highest BCUT2D eigenvalue weighted by Crippen LogP contribution is 2.26. The number of aromatic amines is 2. The van der Waals surface area contributed by atoms with Crippen LogP contribution in [-0.2, 0) is 0 Å². The van der Waals surface area contributed by atoms with Gasteiger partial charge in [0.2, 0.25) is 0 Å². The lowest BCUT2D eigenvalue weighted by molar-refractivity contribution is 0.146. The highest BCUT2D eigenvalue weighted by molar-refractivity contribution is 5.88. The van der Waals surface area contributed by atoms with Crippen molar-refractivity contribution in [3.63, 3.8) is 0 Å². The van der Waals surface area contributed by atoms with E-state index in [1.807, 2.05) is 23.1 Å². The zero-order valence-electron chi connectivity index (χ0n) is 13.2. The summed E-state index contributed by atoms with van der Waals surface area (Å²) >= 11 is 0. The van der Waals surface area contributed by atoms with Crippen molar-refractivity contribution in [2.45, 2.75) is 6.43 Å². The van der Waals surface area contributed by atoms with E-state index < -0.39 is 6.43 Å².